The van der Waals surface area contributed by atoms with Gasteiger partial charge in [0.15, 0.2) is 0 Å². The minimum absolute atomic E-state index is 0. The Morgan fingerprint density at radius 2 is 2.04 bits per heavy atom. The number of morpholine rings is 1. The first kappa shape index (κ1) is 22.9. The number of carbonyl (C=O) groups is 1. The molecule has 0 aromatic heterocycles. The Balaban J connectivity index is 0.00000338. The molecule has 148 valence electrons. The SMILES string of the molecule is CS(=O)(=O)N(CC(=O)O)CC1CN(CCCc2ccccc2)CCO1.Cl. The zero-order valence-electron chi connectivity index (χ0n) is 14.9. The zero-order valence-corrected chi connectivity index (χ0v) is 16.5. The number of benzene rings is 1. The van der Waals surface area contributed by atoms with E-state index in [1.165, 1.54) is 5.56 Å². The number of nitrogens with zero attached hydrogens (tertiary/aromatic N) is 2. The molecule has 1 heterocycles. The molecule has 0 saturated carbocycles. The third-order valence-corrected chi connectivity index (χ3v) is 5.41. The number of aliphatic carboxylic acids is 1. The van der Waals surface area contributed by atoms with Crippen LogP contribution in [-0.2, 0) is 26.0 Å². The minimum Gasteiger partial charge on any atom is -0.480 e. The second-order valence-electron chi connectivity index (χ2n) is 6.33. The van der Waals surface area contributed by atoms with Gasteiger partial charge in [-0.05, 0) is 24.9 Å². The molecule has 1 aliphatic heterocycles. The zero-order chi connectivity index (χ0) is 18.3. The highest BCUT2D eigenvalue weighted by atomic mass is 35.5. The van der Waals surface area contributed by atoms with Crippen molar-refractivity contribution in [1.82, 2.24) is 9.21 Å². The van der Waals surface area contributed by atoms with Gasteiger partial charge in [-0.15, -0.1) is 12.4 Å². The van der Waals surface area contributed by atoms with Gasteiger partial charge in [-0.1, -0.05) is 30.3 Å². The van der Waals surface area contributed by atoms with E-state index in [4.69, 9.17) is 9.84 Å². The number of aryl methyl sites for hydroxylation is 1. The maximum absolute atomic E-state index is 11.7. The summed E-state index contributed by atoms with van der Waals surface area (Å²) in [4.78, 5) is 13.1. The van der Waals surface area contributed by atoms with Crippen LogP contribution in [0.5, 0.6) is 0 Å². The molecule has 1 fully saturated rings. The van der Waals surface area contributed by atoms with Crippen LogP contribution < -0.4 is 0 Å². The third-order valence-electron chi connectivity index (χ3n) is 4.19. The van der Waals surface area contributed by atoms with Gasteiger partial charge in [0, 0.05) is 19.6 Å². The summed E-state index contributed by atoms with van der Waals surface area (Å²) in [6, 6.07) is 10.3. The van der Waals surface area contributed by atoms with E-state index in [9.17, 15) is 13.2 Å². The first-order chi connectivity index (χ1) is 11.8. The smallest absolute Gasteiger partial charge is 0.318 e. The Hall–Kier alpha value is -1.19. The third kappa shape index (κ3) is 8.01. The van der Waals surface area contributed by atoms with Gasteiger partial charge < -0.3 is 9.84 Å². The van der Waals surface area contributed by atoms with E-state index in [1.807, 2.05) is 18.2 Å². The molecule has 1 saturated heterocycles. The molecule has 1 N–H and O–H groups in total. The maximum Gasteiger partial charge on any atom is 0.318 e. The van der Waals surface area contributed by atoms with Crippen LogP contribution in [0.4, 0.5) is 0 Å². The lowest BCUT2D eigenvalue weighted by Gasteiger charge is -2.34. The summed E-state index contributed by atoms with van der Waals surface area (Å²) in [5.41, 5.74) is 1.30. The number of hydrogen-bond acceptors (Lipinski definition) is 5. The van der Waals surface area contributed by atoms with Gasteiger partial charge >= 0.3 is 5.97 Å². The van der Waals surface area contributed by atoms with Crippen molar-refractivity contribution in [2.24, 2.45) is 0 Å². The molecule has 1 unspecified atom stereocenters. The van der Waals surface area contributed by atoms with Gasteiger partial charge in [0.1, 0.15) is 6.54 Å². The first-order valence-electron chi connectivity index (χ1n) is 8.39. The Kier molecular flexibility index (Phi) is 9.52. The highest BCUT2D eigenvalue weighted by Gasteiger charge is 2.27. The number of rotatable bonds is 9. The van der Waals surface area contributed by atoms with Gasteiger partial charge in [-0.3, -0.25) is 9.69 Å². The number of carboxylic acid groups (broad SMARTS) is 1. The lowest BCUT2D eigenvalue weighted by molar-refractivity contribution is -0.137. The number of ether oxygens (including phenoxy) is 1. The van der Waals surface area contributed by atoms with Crippen molar-refractivity contribution in [2.75, 3.05) is 45.6 Å². The van der Waals surface area contributed by atoms with Crippen molar-refractivity contribution in [3.63, 3.8) is 0 Å². The highest BCUT2D eigenvalue weighted by molar-refractivity contribution is 7.88. The molecular weight excluding hydrogens is 380 g/mol. The predicted octanol–water partition coefficient (Wildman–Crippen LogP) is 1.09. The Morgan fingerprint density at radius 3 is 2.65 bits per heavy atom. The molecule has 7 nitrogen and oxygen atoms in total. The Bertz CT molecular complexity index is 656. The van der Waals surface area contributed by atoms with Crippen molar-refractivity contribution >= 4 is 28.4 Å². The van der Waals surface area contributed by atoms with E-state index in [1.54, 1.807) is 0 Å². The van der Waals surface area contributed by atoms with Crippen molar-refractivity contribution in [1.29, 1.82) is 0 Å². The van der Waals surface area contributed by atoms with Crippen LogP contribution in [0.1, 0.15) is 12.0 Å². The summed E-state index contributed by atoms with van der Waals surface area (Å²) in [5, 5.41) is 8.90. The fourth-order valence-electron chi connectivity index (χ4n) is 2.94. The van der Waals surface area contributed by atoms with Crippen LogP contribution in [-0.4, -0.2) is 80.4 Å². The largest absolute Gasteiger partial charge is 0.480 e. The van der Waals surface area contributed by atoms with Crippen LogP contribution in [0.3, 0.4) is 0 Å². The number of hydrogen-bond donors (Lipinski definition) is 1. The summed E-state index contributed by atoms with van der Waals surface area (Å²) in [5.74, 6) is -1.17. The molecule has 26 heavy (non-hydrogen) atoms. The quantitative estimate of drug-likeness (QED) is 0.660. The van der Waals surface area contributed by atoms with E-state index in [2.05, 4.69) is 17.0 Å². The molecule has 0 radical (unpaired) electrons. The monoisotopic (exact) mass is 406 g/mol. The first-order valence-corrected chi connectivity index (χ1v) is 10.2. The summed E-state index contributed by atoms with van der Waals surface area (Å²) in [7, 11) is -3.58. The van der Waals surface area contributed by atoms with E-state index in [0.717, 1.165) is 36.5 Å². The lowest BCUT2D eigenvalue weighted by Crippen LogP contribution is -2.49. The predicted molar refractivity (Wildman–Crippen MR) is 102 cm³/mol. The second kappa shape index (κ2) is 10.8. The molecule has 0 spiro atoms. The van der Waals surface area contributed by atoms with Gasteiger partial charge in [-0.25, -0.2) is 8.42 Å². The van der Waals surface area contributed by atoms with E-state index < -0.39 is 22.5 Å². The van der Waals surface area contributed by atoms with Crippen molar-refractivity contribution < 1.29 is 23.1 Å². The van der Waals surface area contributed by atoms with Crippen LogP contribution >= 0.6 is 12.4 Å². The fourth-order valence-corrected chi connectivity index (χ4v) is 3.72. The summed E-state index contributed by atoms with van der Waals surface area (Å²) >= 11 is 0. The lowest BCUT2D eigenvalue weighted by atomic mass is 10.1. The molecule has 0 bridgehead atoms. The molecule has 1 atom stereocenters. The van der Waals surface area contributed by atoms with Crippen LogP contribution in [0.25, 0.3) is 0 Å². The molecule has 9 heteroatoms. The normalized spacial score (nSPS) is 18.5. The topological polar surface area (TPSA) is 87.2 Å². The average Bonchev–Trinajstić information content (AvgIpc) is 2.54. The van der Waals surface area contributed by atoms with Gasteiger partial charge in [0.2, 0.25) is 10.0 Å². The molecule has 0 amide bonds. The molecule has 0 aliphatic carbocycles. The Labute approximate surface area is 161 Å². The molecule has 1 aromatic rings. The van der Waals surface area contributed by atoms with Gasteiger partial charge in [0.25, 0.3) is 0 Å². The van der Waals surface area contributed by atoms with Crippen molar-refractivity contribution in [2.45, 2.75) is 18.9 Å². The standard InChI is InChI=1S/C17H26N2O5S.ClH/c1-25(22,23)19(14-17(20)21)13-16-12-18(10-11-24-16)9-5-8-15-6-3-2-4-7-15;/h2-4,6-7,16H,5,8-14H2,1H3,(H,20,21);1H. The Morgan fingerprint density at radius 1 is 1.35 bits per heavy atom. The number of sulfonamides is 1. The summed E-state index contributed by atoms with van der Waals surface area (Å²) < 4.78 is 30.1. The second-order valence-corrected chi connectivity index (χ2v) is 8.31. The van der Waals surface area contributed by atoms with E-state index >= 15 is 0 Å². The van der Waals surface area contributed by atoms with Crippen LogP contribution in [0, 0.1) is 0 Å². The molecule has 1 aliphatic rings. The van der Waals surface area contributed by atoms with E-state index in [0.29, 0.717) is 13.2 Å². The average molecular weight is 407 g/mol. The van der Waals surface area contributed by atoms with Crippen LogP contribution in [0.2, 0.25) is 0 Å². The number of carboxylic acids is 1. The number of halogens is 1. The van der Waals surface area contributed by atoms with E-state index in [-0.39, 0.29) is 25.1 Å². The van der Waals surface area contributed by atoms with Crippen LogP contribution in [0.15, 0.2) is 30.3 Å². The molecule has 1 aromatic carbocycles. The van der Waals surface area contributed by atoms with Gasteiger partial charge in [-0.2, -0.15) is 4.31 Å². The summed E-state index contributed by atoms with van der Waals surface area (Å²) in [6.45, 7) is 2.39. The van der Waals surface area contributed by atoms with Crippen molar-refractivity contribution in [3.05, 3.63) is 35.9 Å². The highest BCUT2D eigenvalue weighted by Crippen LogP contribution is 2.11. The van der Waals surface area contributed by atoms with Gasteiger partial charge in [0.05, 0.1) is 19.0 Å². The minimum atomic E-state index is -3.58. The molecule has 2 rings (SSSR count). The fraction of sp³-hybridized carbons (Fsp3) is 0.588. The molecular formula is C17H27ClN2O5S. The van der Waals surface area contributed by atoms with Crippen molar-refractivity contribution in [3.8, 4) is 0 Å². The summed E-state index contributed by atoms with van der Waals surface area (Å²) in [6.07, 6.45) is 2.73. The maximum atomic E-state index is 11.7.